The van der Waals surface area contributed by atoms with E-state index in [1.807, 2.05) is 6.20 Å². The molecule has 0 radical (unpaired) electrons. The standard InChI is InChI=1S/C20H23FN2O/c1-12(24)23-11-13-6-14-8-16(9-15(14)7-13)18-4-5-22-20-3-2-17(21)10-19(18)20/h2-5,10,13-16H,6-9,11H2,1H3,(H,23,24)/t13?,14-,15?,16?/m0/s1. The van der Waals surface area contributed by atoms with E-state index in [0.29, 0.717) is 11.8 Å². The molecule has 2 saturated carbocycles. The van der Waals surface area contributed by atoms with Crippen LogP contribution in [0.3, 0.4) is 0 Å². The number of hydrogen-bond acceptors (Lipinski definition) is 2. The highest BCUT2D eigenvalue weighted by molar-refractivity contribution is 5.82. The molecule has 3 unspecified atom stereocenters. The molecule has 4 rings (SSSR count). The van der Waals surface area contributed by atoms with Crippen molar-refractivity contribution in [1.82, 2.24) is 10.3 Å². The van der Waals surface area contributed by atoms with Crippen LogP contribution >= 0.6 is 0 Å². The zero-order valence-electron chi connectivity index (χ0n) is 14.0. The Labute approximate surface area is 141 Å². The maximum Gasteiger partial charge on any atom is 0.216 e. The van der Waals surface area contributed by atoms with Crippen molar-refractivity contribution in [2.24, 2.45) is 17.8 Å². The third-order valence-corrected chi connectivity index (χ3v) is 5.93. The van der Waals surface area contributed by atoms with E-state index in [1.54, 1.807) is 19.1 Å². The van der Waals surface area contributed by atoms with E-state index >= 15 is 0 Å². The number of nitrogens with zero attached hydrogens (tertiary/aromatic N) is 1. The Bertz CT molecular complexity index is 761. The molecule has 0 bridgehead atoms. The van der Waals surface area contributed by atoms with Gasteiger partial charge in [-0.2, -0.15) is 0 Å². The summed E-state index contributed by atoms with van der Waals surface area (Å²) in [5.74, 6) is 2.49. The second-order valence-corrected chi connectivity index (χ2v) is 7.52. The number of aromatic nitrogens is 1. The van der Waals surface area contributed by atoms with Crippen molar-refractivity contribution in [1.29, 1.82) is 0 Å². The van der Waals surface area contributed by atoms with Crippen molar-refractivity contribution in [2.75, 3.05) is 6.54 Å². The average molecular weight is 326 g/mol. The molecule has 3 nitrogen and oxygen atoms in total. The zero-order chi connectivity index (χ0) is 16.7. The Morgan fingerprint density at radius 3 is 2.67 bits per heavy atom. The van der Waals surface area contributed by atoms with Crippen molar-refractivity contribution in [2.45, 2.75) is 38.5 Å². The van der Waals surface area contributed by atoms with Crippen LogP contribution in [0.5, 0.6) is 0 Å². The van der Waals surface area contributed by atoms with Gasteiger partial charge < -0.3 is 5.32 Å². The molecule has 4 heteroatoms. The smallest absolute Gasteiger partial charge is 0.216 e. The highest BCUT2D eigenvalue weighted by atomic mass is 19.1. The van der Waals surface area contributed by atoms with Gasteiger partial charge in [-0.3, -0.25) is 9.78 Å². The largest absolute Gasteiger partial charge is 0.356 e. The summed E-state index contributed by atoms with van der Waals surface area (Å²) >= 11 is 0. The van der Waals surface area contributed by atoms with E-state index in [2.05, 4.69) is 16.4 Å². The fourth-order valence-corrected chi connectivity index (χ4v) is 4.95. The fourth-order valence-electron chi connectivity index (χ4n) is 4.95. The van der Waals surface area contributed by atoms with E-state index < -0.39 is 0 Å². The molecular weight excluding hydrogens is 303 g/mol. The summed E-state index contributed by atoms with van der Waals surface area (Å²) in [6.07, 6.45) is 6.62. The van der Waals surface area contributed by atoms with E-state index in [4.69, 9.17) is 0 Å². The predicted octanol–water partition coefficient (Wildman–Crippen LogP) is 4.03. The molecule has 126 valence electrons. The lowest BCUT2D eigenvalue weighted by Crippen LogP contribution is -2.26. The number of rotatable bonds is 3. The molecule has 1 heterocycles. The molecular formula is C20H23FN2O. The lowest BCUT2D eigenvalue weighted by molar-refractivity contribution is -0.119. The highest BCUT2D eigenvalue weighted by Gasteiger charge is 2.42. The van der Waals surface area contributed by atoms with Gasteiger partial charge in [0.15, 0.2) is 0 Å². The van der Waals surface area contributed by atoms with Crippen LogP contribution < -0.4 is 5.32 Å². The highest BCUT2D eigenvalue weighted by Crippen LogP contribution is 2.53. The first-order valence-electron chi connectivity index (χ1n) is 8.88. The Hall–Kier alpha value is -1.97. The minimum Gasteiger partial charge on any atom is -0.356 e. The van der Waals surface area contributed by atoms with Crippen molar-refractivity contribution >= 4 is 16.8 Å². The maximum atomic E-state index is 13.7. The Morgan fingerprint density at radius 1 is 1.21 bits per heavy atom. The van der Waals surface area contributed by atoms with Gasteiger partial charge in [0.25, 0.3) is 0 Å². The van der Waals surface area contributed by atoms with Gasteiger partial charge in [0, 0.05) is 25.1 Å². The second kappa shape index (κ2) is 6.15. The summed E-state index contributed by atoms with van der Waals surface area (Å²) in [5, 5.41) is 3.93. The quantitative estimate of drug-likeness (QED) is 0.925. The van der Waals surface area contributed by atoms with Gasteiger partial charge in [-0.15, -0.1) is 0 Å². The summed E-state index contributed by atoms with van der Waals surface area (Å²) in [6.45, 7) is 2.40. The summed E-state index contributed by atoms with van der Waals surface area (Å²) in [7, 11) is 0. The van der Waals surface area contributed by atoms with Crippen LogP contribution in [0.2, 0.25) is 0 Å². The summed E-state index contributed by atoms with van der Waals surface area (Å²) in [5.41, 5.74) is 2.14. The van der Waals surface area contributed by atoms with Crippen molar-refractivity contribution in [3.05, 3.63) is 41.8 Å². The maximum absolute atomic E-state index is 13.7. The van der Waals surface area contributed by atoms with Crippen molar-refractivity contribution in [3.8, 4) is 0 Å². The van der Waals surface area contributed by atoms with E-state index in [-0.39, 0.29) is 11.7 Å². The van der Waals surface area contributed by atoms with Gasteiger partial charge in [-0.1, -0.05) is 0 Å². The molecule has 2 aromatic rings. The summed E-state index contributed by atoms with van der Waals surface area (Å²) in [4.78, 5) is 15.5. The Kier molecular flexibility index (Phi) is 3.99. The van der Waals surface area contributed by atoms with Gasteiger partial charge in [0.2, 0.25) is 5.91 Å². The van der Waals surface area contributed by atoms with Crippen molar-refractivity contribution in [3.63, 3.8) is 0 Å². The van der Waals surface area contributed by atoms with Crippen LogP contribution in [0, 0.1) is 23.6 Å². The lowest BCUT2D eigenvalue weighted by Gasteiger charge is -2.17. The van der Waals surface area contributed by atoms with Crippen molar-refractivity contribution < 1.29 is 9.18 Å². The third-order valence-electron chi connectivity index (χ3n) is 5.93. The number of carbonyl (C=O) groups is 1. The molecule has 0 spiro atoms. The molecule has 1 N–H and O–H groups in total. The number of hydrogen-bond donors (Lipinski definition) is 1. The van der Waals surface area contributed by atoms with Gasteiger partial charge in [-0.05, 0) is 79.2 Å². The molecule has 1 aromatic carbocycles. The molecule has 2 aliphatic rings. The number of halogens is 1. The molecule has 4 atom stereocenters. The topological polar surface area (TPSA) is 42.0 Å². The number of benzene rings is 1. The first-order valence-corrected chi connectivity index (χ1v) is 8.88. The van der Waals surface area contributed by atoms with Gasteiger partial charge in [-0.25, -0.2) is 4.39 Å². The first kappa shape index (κ1) is 15.6. The minimum atomic E-state index is -0.190. The SMILES string of the molecule is CC(=O)NCC1CC2CC(c3ccnc4ccc(F)cc34)C[C@@H]2C1. The molecule has 1 amide bonds. The van der Waals surface area contributed by atoms with E-state index in [9.17, 15) is 9.18 Å². The van der Waals surface area contributed by atoms with Crippen LogP contribution in [-0.2, 0) is 4.79 Å². The van der Waals surface area contributed by atoms with Crippen LogP contribution in [0.25, 0.3) is 10.9 Å². The summed E-state index contributed by atoms with van der Waals surface area (Å²) < 4.78 is 13.7. The zero-order valence-corrected chi connectivity index (χ0v) is 14.0. The molecule has 0 saturated heterocycles. The third kappa shape index (κ3) is 2.90. The van der Waals surface area contributed by atoms with Crippen LogP contribution in [0.1, 0.15) is 44.1 Å². The van der Waals surface area contributed by atoms with Gasteiger partial charge in [0.1, 0.15) is 5.82 Å². The molecule has 2 aliphatic carbocycles. The fraction of sp³-hybridized carbons (Fsp3) is 0.500. The molecule has 2 fully saturated rings. The molecule has 24 heavy (non-hydrogen) atoms. The average Bonchev–Trinajstić information content (AvgIpc) is 3.10. The minimum absolute atomic E-state index is 0.0650. The number of fused-ring (bicyclic) bond motifs is 2. The van der Waals surface area contributed by atoms with Crippen LogP contribution in [-0.4, -0.2) is 17.4 Å². The van der Waals surface area contributed by atoms with Crippen LogP contribution in [0.15, 0.2) is 30.5 Å². The van der Waals surface area contributed by atoms with Crippen LogP contribution in [0.4, 0.5) is 4.39 Å². The second-order valence-electron chi connectivity index (χ2n) is 7.52. The molecule has 1 aromatic heterocycles. The van der Waals surface area contributed by atoms with Gasteiger partial charge >= 0.3 is 0 Å². The van der Waals surface area contributed by atoms with E-state index in [1.165, 1.54) is 37.3 Å². The molecule has 0 aliphatic heterocycles. The van der Waals surface area contributed by atoms with E-state index in [0.717, 1.165) is 29.3 Å². The number of amides is 1. The first-order chi connectivity index (χ1) is 11.6. The Balaban J connectivity index is 1.50. The monoisotopic (exact) mass is 326 g/mol. The predicted molar refractivity (Wildman–Crippen MR) is 92.1 cm³/mol. The normalized spacial score (nSPS) is 28.9. The summed E-state index contributed by atoms with van der Waals surface area (Å²) in [6, 6.07) is 6.95. The number of pyridine rings is 1. The Morgan fingerprint density at radius 2 is 1.96 bits per heavy atom. The number of carbonyl (C=O) groups excluding carboxylic acids is 1. The lowest BCUT2D eigenvalue weighted by atomic mass is 9.90. The van der Waals surface area contributed by atoms with Gasteiger partial charge in [0.05, 0.1) is 5.52 Å². The number of nitrogens with one attached hydrogen (secondary N) is 1.